The molecule has 3 aliphatic rings. The Kier molecular flexibility index (Phi) is 13.8. The number of piperazine rings is 1. The third kappa shape index (κ3) is 10.8. The first kappa shape index (κ1) is 47.3. The summed E-state index contributed by atoms with van der Waals surface area (Å²) in [5, 5.41) is 34.8. The number of hydrogen-bond acceptors (Lipinski definition) is 13. The summed E-state index contributed by atoms with van der Waals surface area (Å²) in [6.45, 7) is 10.4. The lowest BCUT2D eigenvalue weighted by atomic mass is 9.85. The van der Waals surface area contributed by atoms with Gasteiger partial charge in [-0.15, -0.1) is 21.5 Å². The van der Waals surface area contributed by atoms with Gasteiger partial charge in [-0.2, -0.15) is 0 Å². The lowest BCUT2D eigenvalue weighted by Gasteiger charge is -2.36. The molecule has 0 spiro atoms. The molecule has 1 saturated carbocycles. The fourth-order valence-corrected chi connectivity index (χ4v) is 9.38. The van der Waals surface area contributed by atoms with E-state index in [-0.39, 0.29) is 50.5 Å². The Morgan fingerprint density at radius 1 is 1.01 bits per heavy atom. The fraction of sp³-hybridized carbons (Fsp3) is 0.429. The molecule has 0 radical (unpaired) electrons. The minimum atomic E-state index is -1.99. The van der Waals surface area contributed by atoms with E-state index in [0.717, 1.165) is 27.4 Å². The standard InChI is InChI=1S/C49H57F2N9O6S/c1-29-42(67-28-54-29)31-11-12-32(25-53-45(63)39-23-34(61)27-60(39)46(64)43(48(2,3)4)55-47(65)49(51)14-15-49)41(22-31)66-20-13-30-9-10-33(36(50)21-30)26-58-16-18-59(19-17-58)38-24-37(56-57-44(38)52)35-7-5-6-8-40(35)62/h5-12,21-22,24,28,34,39,43,61-62H,13-20,23,25-27H2,1-4H3,(H2,52,57)(H,53,63)(H,55,65)/t34-,39+,43-/m1/s1. The molecular weight excluding hydrogens is 881 g/mol. The third-order valence-corrected chi connectivity index (χ3v) is 13.7. The summed E-state index contributed by atoms with van der Waals surface area (Å²) < 4.78 is 36.7. The molecule has 2 saturated heterocycles. The lowest BCUT2D eigenvalue weighted by Crippen LogP contribution is -2.59. The van der Waals surface area contributed by atoms with Crippen LogP contribution in [0.1, 0.15) is 62.4 Å². The van der Waals surface area contributed by atoms with Crippen LogP contribution in [0.15, 0.2) is 72.2 Å². The summed E-state index contributed by atoms with van der Waals surface area (Å²) in [4.78, 5) is 51.4. The number of para-hydroxylation sites is 1. The molecule has 8 rings (SSSR count). The van der Waals surface area contributed by atoms with Gasteiger partial charge in [0.25, 0.3) is 5.91 Å². The quantitative estimate of drug-likeness (QED) is 0.0878. The second kappa shape index (κ2) is 19.5. The molecule has 0 bridgehead atoms. The van der Waals surface area contributed by atoms with Crippen molar-refractivity contribution in [3.8, 4) is 33.2 Å². The number of aryl methyl sites for hydroxylation is 1. The maximum atomic E-state index is 15.7. The van der Waals surface area contributed by atoms with Crippen molar-refractivity contribution in [1.29, 1.82) is 0 Å². The van der Waals surface area contributed by atoms with Crippen LogP contribution in [0.5, 0.6) is 11.5 Å². The van der Waals surface area contributed by atoms with Gasteiger partial charge in [-0.05, 0) is 66.6 Å². The van der Waals surface area contributed by atoms with Gasteiger partial charge in [0.15, 0.2) is 11.5 Å². The van der Waals surface area contributed by atoms with Gasteiger partial charge in [0, 0.05) is 75.3 Å². The molecule has 3 atom stereocenters. The molecule has 2 aromatic heterocycles. The van der Waals surface area contributed by atoms with E-state index in [4.69, 9.17) is 10.5 Å². The zero-order valence-electron chi connectivity index (χ0n) is 38.1. The van der Waals surface area contributed by atoms with Crippen LogP contribution >= 0.6 is 11.3 Å². The first-order valence-electron chi connectivity index (χ1n) is 22.6. The summed E-state index contributed by atoms with van der Waals surface area (Å²) >= 11 is 1.49. The van der Waals surface area contributed by atoms with Crippen LogP contribution in [0.2, 0.25) is 0 Å². The summed E-state index contributed by atoms with van der Waals surface area (Å²) in [6.07, 6.45) is -0.377. The predicted octanol–water partition coefficient (Wildman–Crippen LogP) is 5.56. The van der Waals surface area contributed by atoms with Crippen molar-refractivity contribution < 1.29 is 38.1 Å². The Bertz CT molecular complexity index is 2630. The molecule has 3 aromatic carbocycles. The van der Waals surface area contributed by atoms with Gasteiger partial charge in [-0.1, -0.05) is 57.2 Å². The van der Waals surface area contributed by atoms with Gasteiger partial charge in [-0.25, -0.2) is 13.8 Å². The Morgan fingerprint density at radius 3 is 2.45 bits per heavy atom. The van der Waals surface area contributed by atoms with Crippen LogP contribution in [0.25, 0.3) is 21.7 Å². The highest BCUT2D eigenvalue weighted by molar-refractivity contribution is 7.13. The molecule has 4 heterocycles. The Balaban J connectivity index is 0.886. The van der Waals surface area contributed by atoms with Crippen LogP contribution in [-0.2, 0) is 33.9 Å². The number of nitrogen functional groups attached to an aromatic ring is 1. The molecule has 0 unspecified atom stereocenters. The number of amides is 3. The van der Waals surface area contributed by atoms with Gasteiger partial charge >= 0.3 is 0 Å². The molecule has 6 N–H and O–H groups in total. The van der Waals surface area contributed by atoms with Crippen LogP contribution in [0.4, 0.5) is 20.3 Å². The number of nitrogens with one attached hydrogen (secondary N) is 2. The van der Waals surface area contributed by atoms with E-state index in [9.17, 15) is 29.0 Å². The van der Waals surface area contributed by atoms with E-state index in [0.29, 0.717) is 73.1 Å². The van der Waals surface area contributed by atoms with E-state index in [1.165, 1.54) is 22.3 Å². The maximum Gasteiger partial charge on any atom is 0.258 e. The number of rotatable bonds is 15. The number of benzene rings is 3. The van der Waals surface area contributed by atoms with Crippen LogP contribution in [-0.4, -0.2) is 116 Å². The number of aromatic hydroxyl groups is 1. The smallest absolute Gasteiger partial charge is 0.258 e. The van der Waals surface area contributed by atoms with Gasteiger partial charge < -0.3 is 41.1 Å². The number of β-amino-alcohol motifs (C(OH)–C–C–N with tert-alkyl or cyclic N) is 1. The number of hydrogen-bond donors (Lipinski definition) is 5. The van der Waals surface area contributed by atoms with Crippen molar-refractivity contribution in [3.05, 3.63) is 100 Å². The molecule has 18 heteroatoms. The number of thiazole rings is 1. The van der Waals surface area contributed by atoms with E-state index in [2.05, 4.69) is 35.6 Å². The van der Waals surface area contributed by atoms with E-state index >= 15 is 4.39 Å². The summed E-state index contributed by atoms with van der Waals surface area (Å²) in [5.74, 6) is -1.29. The van der Waals surface area contributed by atoms with Gasteiger partial charge in [0.05, 0.1) is 40.2 Å². The molecule has 5 aromatic rings. The second-order valence-corrected chi connectivity index (χ2v) is 19.6. The van der Waals surface area contributed by atoms with E-state index in [1.54, 1.807) is 44.5 Å². The number of aromatic nitrogens is 3. The number of carbonyl (C=O) groups is 3. The topological polar surface area (TPSA) is 199 Å². The first-order valence-corrected chi connectivity index (χ1v) is 23.4. The molecule has 3 fully saturated rings. The van der Waals surface area contributed by atoms with Crippen molar-refractivity contribution in [2.45, 2.75) is 90.3 Å². The van der Waals surface area contributed by atoms with Crippen molar-refractivity contribution in [2.24, 2.45) is 5.41 Å². The van der Waals surface area contributed by atoms with Gasteiger partial charge in [0.1, 0.15) is 29.4 Å². The highest BCUT2D eigenvalue weighted by atomic mass is 32.1. The highest BCUT2D eigenvalue weighted by Gasteiger charge is 2.53. The molecule has 354 valence electrons. The minimum Gasteiger partial charge on any atom is -0.507 e. The Morgan fingerprint density at radius 2 is 1.76 bits per heavy atom. The van der Waals surface area contributed by atoms with Crippen molar-refractivity contribution >= 4 is 40.6 Å². The normalized spacial score (nSPS) is 18.7. The van der Waals surface area contributed by atoms with Crippen LogP contribution < -0.4 is 26.0 Å². The number of ether oxygens (including phenoxy) is 1. The number of halogens is 2. The first-order chi connectivity index (χ1) is 32.0. The number of carbonyl (C=O) groups excluding carboxylic acids is 3. The maximum absolute atomic E-state index is 15.7. The number of phenols is 1. The molecule has 1 aliphatic carbocycles. The second-order valence-electron chi connectivity index (χ2n) is 18.7. The average Bonchev–Trinajstić information content (AvgIpc) is 3.71. The van der Waals surface area contributed by atoms with E-state index < -0.39 is 47.0 Å². The average molecular weight is 938 g/mol. The van der Waals surface area contributed by atoms with Crippen LogP contribution in [0, 0.1) is 18.2 Å². The summed E-state index contributed by atoms with van der Waals surface area (Å²) in [7, 11) is 0. The van der Waals surface area contributed by atoms with Crippen molar-refractivity contribution in [1.82, 2.24) is 35.6 Å². The Labute approximate surface area is 392 Å². The Hall–Kier alpha value is -6.24. The molecular formula is C49H57F2N9O6S. The van der Waals surface area contributed by atoms with Gasteiger partial charge in [0.2, 0.25) is 11.8 Å². The SMILES string of the molecule is Cc1ncsc1-c1ccc(CNC(=O)[C@@H]2C[C@@H](O)CN2C(=O)[C@@H](NC(=O)C2(F)CC2)C(C)(C)C)c(OCCc2ccc(CN3CCN(c4cc(-c5ccccc5O)nnc4N)CC3)c(F)c2)c1. The predicted molar refractivity (Wildman–Crippen MR) is 251 cm³/mol. The zero-order chi connectivity index (χ0) is 47.6. The van der Waals surface area contributed by atoms with E-state index in [1.807, 2.05) is 49.4 Å². The number of phenolic OH excluding ortho intramolecular Hbond substituents is 1. The number of nitrogens with two attached hydrogens (primary N) is 1. The zero-order valence-corrected chi connectivity index (χ0v) is 38.9. The largest absolute Gasteiger partial charge is 0.507 e. The number of anilines is 2. The molecule has 2 aliphatic heterocycles. The van der Waals surface area contributed by atoms with Crippen molar-refractivity contribution in [3.63, 3.8) is 0 Å². The molecule has 15 nitrogen and oxygen atoms in total. The number of aliphatic hydroxyl groups is 1. The minimum absolute atomic E-state index is 0.00220. The van der Waals surface area contributed by atoms with Crippen molar-refractivity contribution in [2.75, 3.05) is 50.0 Å². The summed E-state index contributed by atoms with van der Waals surface area (Å²) in [6, 6.07) is 17.6. The number of aliphatic hydroxyl groups excluding tert-OH is 1. The molecule has 3 amide bonds. The van der Waals surface area contributed by atoms with Crippen LogP contribution in [0.3, 0.4) is 0 Å². The number of alkyl halides is 1. The third-order valence-electron chi connectivity index (χ3n) is 12.7. The summed E-state index contributed by atoms with van der Waals surface area (Å²) in [5.41, 5.74) is 10.8. The number of likely N-dealkylation sites (tertiary alicyclic amines) is 1. The number of nitrogens with zero attached hydrogens (tertiary/aromatic N) is 6. The highest BCUT2D eigenvalue weighted by Crippen LogP contribution is 2.41. The van der Waals surface area contributed by atoms with Gasteiger partial charge in [-0.3, -0.25) is 19.3 Å². The monoisotopic (exact) mass is 937 g/mol. The fourth-order valence-electron chi connectivity index (χ4n) is 8.58. The lowest BCUT2D eigenvalue weighted by molar-refractivity contribution is -0.145. The molecule has 67 heavy (non-hydrogen) atoms.